The topological polar surface area (TPSA) is 45.2 Å². The van der Waals surface area contributed by atoms with Crippen molar-refractivity contribution in [1.29, 1.82) is 0 Å². The SMILES string of the molecule is C[C@H]1Cc2nc(NC(=O)CC(C)(C)C)c(F)cc2N1Cc1ccc(F)cc1. The van der Waals surface area contributed by atoms with E-state index in [2.05, 4.69) is 15.2 Å². The first-order valence-electron chi connectivity index (χ1n) is 9.13. The number of halogens is 2. The lowest BCUT2D eigenvalue weighted by Gasteiger charge is -2.25. The highest BCUT2D eigenvalue weighted by atomic mass is 19.1. The van der Waals surface area contributed by atoms with Gasteiger partial charge in [0.1, 0.15) is 5.82 Å². The Morgan fingerprint density at radius 2 is 1.93 bits per heavy atom. The maximum atomic E-state index is 14.6. The zero-order chi connectivity index (χ0) is 19.8. The fraction of sp³-hybridized carbons (Fsp3) is 0.429. The first-order valence-corrected chi connectivity index (χ1v) is 9.13. The van der Waals surface area contributed by atoms with Crippen molar-refractivity contribution >= 4 is 17.4 Å². The van der Waals surface area contributed by atoms with Gasteiger partial charge in [0.05, 0.1) is 11.4 Å². The number of amides is 1. The molecule has 1 aliphatic rings. The second-order valence-corrected chi connectivity index (χ2v) is 8.38. The minimum atomic E-state index is -0.547. The summed E-state index contributed by atoms with van der Waals surface area (Å²) < 4.78 is 27.7. The van der Waals surface area contributed by atoms with E-state index in [-0.39, 0.29) is 35.4 Å². The van der Waals surface area contributed by atoms with Gasteiger partial charge in [0.2, 0.25) is 5.91 Å². The minimum Gasteiger partial charge on any atom is -0.363 e. The van der Waals surface area contributed by atoms with Crippen molar-refractivity contribution < 1.29 is 13.6 Å². The molecule has 0 aliphatic carbocycles. The zero-order valence-corrected chi connectivity index (χ0v) is 16.1. The van der Waals surface area contributed by atoms with Crippen LogP contribution in [0, 0.1) is 17.0 Å². The molecule has 0 saturated carbocycles. The number of hydrogen-bond acceptors (Lipinski definition) is 3. The quantitative estimate of drug-likeness (QED) is 0.846. The van der Waals surface area contributed by atoms with Crippen LogP contribution in [0.4, 0.5) is 20.3 Å². The summed E-state index contributed by atoms with van der Waals surface area (Å²) in [7, 11) is 0. The molecule has 1 amide bonds. The highest BCUT2D eigenvalue weighted by Gasteiger charge is 2.29. The lowest BCUT2D eigenvalue weighted by Crippen LogP contribution is -2.28. The van der Waals surface area contributed by atoms with Gasteiger partial charge in [-0.15, -0.1) is 0 Å². The monoisotopic (exact) mass is 373 g/mol. The number of benzene rings is 1. The second kappa shape index (κ2) is 7.25. The summed E-state index contributed by atoms with van der Waals surface area (Å²) in [6.45, 7) is 8.45. The van der Waals surface area contributed by atoms with Crippen molar-refractivity contribution in [2.24, 2.45) is 5.41 Å². The molecule has 27 heavy (non-hydrogen) atoms. The van der Waals surface area contributed by atoms with Crippen LogP contribution in [0.2, 0.25) is 0 Å². The number of anilines is 2. The Balaban J connectivity index is 1.80. The van der Waals surface area contributed by atoms with Gasteiger partial charge in [-0.2, -0.15) is 0 Å². The summed E-state index contributed by atoms with van der Waals surface area (Å²) in [6.07, 6.45) is 0.956. The molecular formula is C21H25F2N3O. The largest absolute Gasteiger partial charge is 0.363 e. The zero-order valence-electron chi connectivity index (χ0n) is 16.1. The molecular weight excluding hydrogens is 348 g/mol. The molecule has 0 spiro atoms. The normalized spacial score (nSPS) is 16.4. The van der Waals surface area contributed by atoms with Gasteiger partial charge >= 0.3 is 0 Å². The lowest BCUT2D eigenvalue weighted by atomic mass is 9.92. The average Bonchev–Trinajstić information content (AvgIpc) is 2.83. The molecule has 0 fully saturated rings. The Hall–Kier alpha value is -2.50. The number of carbonyl (C=O) groups excluding carboxylic acids is 1. The highest BCUT2D eigenvalue weighted by Crippen LogP contribution is 2.34. The molecule has 144 valence electrons. The highest BCUT2D eigenvalue weighted by molar-refractivity contribution is 5.90. The molecule has 1 aromatic carbocycles. The lowest BCUT2D eigenvalue weighted by molar-refractivity contribution is -0.117. The first-order chi connectivity index (χ1) is 12.6. The molecule has 3 rings (SSSR count). The summed E-state index contributed by atoms with van der Waals surface area (Å²) >= 11 is 0. The van der Waals surface area contributed by atoms with E-state index >= 15 is 0 Å². The molecule has 2 heterocycles. The Bertz CT molecular complexity index is 844. The molecule has 1 aliphatic heterocycles. The van der Waals surface area contributed by atoms with Crippen LogP contribution in [0.25, 0.3) is 0 Å². The molecule has 1 aromatic heterocycles. The molecule has 6 heteroatoms. The molecule has 0 saturated heterocycles. The number of carbonyl (C=O) groups is 1. The van der Waals surface area contributed by atoms with Crippen LogP contribution in [-0.4, -0.2) is 16.9 Å². The van der Waals surface area contributed by atoms with E-state index in [0.29, 0.717) is 13.0 Å². The van der Waals surface area contributed by atoms with Crippen LogP contribution in [0.5, 0.6) is 0 Å². The number of fused-ring (bicyclic) bond motifs is 1. The van der Waals surface area contributed by atoms with Crippen LogP contribution in [0.3, 0.4) is 0 Å². The van der Waals surface area contributed by atoms with E-state index in [4.69, 9.17) is 0 Å². The van der Waals surface area contributed by atoms with Crippen LogP contribution in [0.1, 0.15) is 45.4 Å². The maximum Gasteiger partial charge on any atom is 0.226 e. The second-order valence-electron chi connectivity index (χ2n) is 8.38. The molecule has 2 aromatic rings. The fourth-order valence-electron chi connectivity index (χ4n) is 3.32. The summed E-state index contributed by atoms with van der Waals surface area (Å²) in [4.78, 5) is 18.5. The van der Waals surface area contributed by atoms with Crippen molar-refractivity contribution in [3.63, 3.8) is 0 Å². The molecule has 0 unspecified atom stereocenters. The van der Waals surface area contributed by atoms with Crippen LogP contribution >= 0.6 is 0 Å². The van der Waals surface area contributed by atoms with Gasteiger partial charge in [0.15, 0.2) is 11.6 Å². The van der Waals surface area contributed by atoms with Gasteiger partial charge in [-0.05, 0) is 30.0 Å². The van der Waals surface area contributed by atoms with E-state index in [1.807, 2.05) is 27.7 Å². The first kappa shape index (κ1) is 19.3. The Kier molecular flexibility index (Phi) is 5.18. The third-order valence-corrected chi connectivity index (χ3v) is 4.58. The van der Waals surface area contributed by atoms with Crippen LogP contribution in [-0.2, 0) is 17.8 Å². The Morgan fingerprint density at radius 3 is 2.56 bits per heavy atom. The van der Waals surface area contributed by atoms with E-state index in [1.54, 1.807) is 12.1 Å². The van der Waals surface area contributed by atoms with Crippen molar-refractivity contribution in [2.75, 3.05) is 10.2 Å². The van der Waals surface area contributed by atoms with Gasteiger partial charge in [0, 0.05) is 31.5 Å². The van der Waals surface area contributed by atoms with Gasteiger partial charge in [-0.3, -0.25) is 4.79 Å². The maximum absolute atomic E-state index is 14.6. The predicted molar refractivity (Wildman–Crippen MR) is 103 cm³/mol. The smallest absolute Gasteiger partial charge is 0.226 e. The van der Waals surface area contributed by atoms with E-state index in [1.165, 1.54) is 18.2 Å². The summed E-state index contributed by atoms with van der Waals surface area (Å²) in [5, 5.41) is 2.60. The van der Waals surface area contributed by atoms with E-state index in [0.717, 1.165) is 16.9 Å². The third kappa shape index (κ3) is 4.62. The van der Waals surface area contributed by atoms with Crippen molar-refractivity contribution in [1.82, 2.24) is 4.98 Å². The molecule has 4 nitrogen and oxygen atoms in total. The fourth-order valence-corrected chi connectivity index (χ4v) is 3.32. The molecule has 1 N–H and O–H groups in total. The number of nitrogens with zero attached hydrogens (tertiary/aromatic N) is 2. The number of pyridine rings is 1. The van der Waals surface area contributed by atoms with E-state index in [9.17, 15) is 13.6 Å². The van der Waals surface area contributed by atoms with Gasteiger partial charge in [-0.1, -0.05) is 32.9 Å². The number of aromatic nitrogens is 1. The van der Waals surface area contributed by atoms with Crippen molar-refractivity contribution in [2.45, 2.75) is 53.1 Å². The molecule has 0 radical (unpaired) electrons. The average molecular weight is 373 g/mol. The predicted octanol–water partition coefficient (Wildman–Crippen LogP) is 4.69. The number of rotatable bonds is 4. The van der Waals surface area contributed by atoms with Gasteiger partial charge < -0.3 is 10.2 Å². The Labute approximate surface area is 158 Å². The summed E-state index contributed by atoms with van der Waals surface area (Å²) in [6, 6.07) is 7.86. The third-order valence-electron chi connectivity index (χ3n) is 4.58. The van der Waals surface area contributed by atoms with E-state index < -0.39 is 5.82 Å². The standard InChI is InChI=1S/C21H25F2N3O/c1-13-9-17-18(26(13)12-14-5-7-15(22)8-6-14)10-16(23)20(24-17)25-19(27)11-21(2,3)4/h5-8,10,13H,9,11-12H2,1-4H3,(H,24,25,27)/t13-/m0/s1. The molecule has 0 bridgehead atoms. The minimum absolute atomic E-state index is 0.0150. The summed E-state index contributed by atoms with van der Waals surface area (Å²) in [5.74, 6) is -1.09. The number of nitrogens with one attached hydrogen (secondary N) is 1. The summed E-state index contributed by atoms with van der Waals surface area (Å²) in [5.41, 5.74) is 2.24. The van der Waals surface area contributed by atoms with Crippen molar-refractivity contribution in [3.05, 3.63) is 53.2 Å². The van der Waals surface area contributed by atoms with Crippen LogP contribution in [0.15, 0.2) is 30.3 Å². The van der Waals surface area contributed by atoms with Gasteiger partial charge in [-0.25, -0.2) is 13.8 Å². The van der Waals surface area contributed by atoms with Gasteiger partial charge in [0.25, 0.3) is 0 Å². The Morgan fingerprint density at radius 1 is 1.26 bits per heavy atom. The number of hydrogen-bond donors (Lipinski definition) is 1. The molecule has 1 atom stereocenters. The van der Waals surface area contributed by atoms with Crippen LogP contribution < -0.4 is 10.2 Å². The van der Waals surface area contributed by atoms with Crippen molar-refractivity contribution in [3.8, 4) is 0 Å².